The second kappa shape index (κ2) is 15.0. The van der Waals surface area contributed by atoms with E-state index in [1.807, 2.05) is 17.0 Å². The minimum Gasteiger partial charge on any atom is -0.383 e. The lowest BCUT2D eigenvalue weighted by atomic mass is 9.84. The Labute approximate surface area is 293 Å². The highest BCUT2D eigenvalue weighted by Crippen LogP contribution is 2.45. The average Bonchev–Trinajstić information content (AvgIpc) is 2.98. The number of alkyl halides is 2. The molecule has 2 N–H and O–H groups in total. The number of nitrogens with zero attached hydrogens (tertiary/aromatic N) is 4. The molecule has 1 saturated heterocycles. The van der Waals surface area contributed by atoms with Crippen molar-refractivity contribution in [3.05, 3.63) is 77.4 Å². The van der Waals surface area contributed by atoms with Crippen LogP contribution in [0.5, 0.6) is 0 Å². The van der Waals surface area contributed by atoms with Crippen molar-refractivity contribution in [2.24, 2.45) is 5.92 Å². The molecule has 8 bridgehead atoms. The summed E-state index contributed by atoms with van der Waals surface area (Å²) in [7, 11) is 0.172. The quantitative estimate of drug-likeness (QED) is 0.0801. The molecule has 5 heterocycles. The first-order chi connectivity index (χ1) is 22.3. The Hall–Kier alpha value is -2.34. The highest BCUT2D eigenvalue weighted by atomic mass is 32.2. The molecule has 1 atom stereocenters. The molecule has 0 spiro atoms. The fourth-order valence-electron chi connectivity index (χ4n) is 6.58. The molecule has 4 aliphatic heterocycles. The Kier molecular flexibility index (Phi) is 11.5. The van der Waals surface area contributed by atoms with E-state index in [4.69, 9.17) is 25.3 Å². The van der Waals surface area contributed by atoms with E-state index in [1.54, 1.807) is 18.2 Å². The number of hydrogen-bond donors (Lipinski definition) is 4. The zero-order chi connectivity index (χ0) is 33.8. The minimum absolute atomic E-state index is 0.0184. The molecule has 1 unspecified atom stereocenters. The lowest BCUT2D eigenvalue weighted by Crippen LogP contribution is -2.57. The number of benzene rings is 1. The second-order valence-electron chi connectivity index (χ2n) is 13.8. The smallest absolute Gasteiger partial charge is 0.273 e. The van der Waals surface area contributed by atoms with Crippen LogP contribution in [-0.4, -0.2) is 62.1 Å². The summed E-state index contributed by atoms with van der Waals surface area (Å²) in [5.41, 5.74) is 3.14. The van der Waals surface area contributed by atoms with Crippen molar-refractivity contribution < 1.29 is 8.78 Å². The van der Waals surface area contributed by atoms with Crippen LogP contribution in [0.15, 0.2) is 60.7 Å². The third-order valence-corrected chi connectivity index (χ3v) is 11.2. The minimum atomic E-state index is -2.90. The van der Waals surface area contributed by atoms with Gasteiger partial charge in [0, 0.05) is 50.1 Å². The van der Waals surface area contributed by atoms with E-state index >= 15 is 8.78 Å². The standard InChI is InChI=1S/C36H50F2N6S3/c1-26-31(39-17-10-11-18-47(4)5)20-30-32-40-22-27-13-12-14-29(19-27)35(37,38)21-28-23-43(24-28)34(2,3)15-8-6-7-9-16-36(45,46)44(26)33(30)42-25-41-32/h7,9,12-14,19-20,25,28,39,45-46H,1,4,6,8,10-11,15-18,21-24H2,2-3,5H3,(H,40,41,42)/b9-7+. The fraction of sp³-hybridized carbons (Fsp3) is 0.528. The molecule has 0 radical (unpaired) electrons. The van der Waals surface area contributed by atoms with Crippen LogP contribution >= 0.6 is 35.7 Å². The van der Waals surface area contributed by atoms with Crippen LogP contribution in [0.4, 0.5) is 20.4 Å². The first-order valence-electron chi connectivity index (χ1n) is 16.5. The molecule has 0 amide bonds. The molecular weight excluding hydrogens is 651 g/mol. The Morgan fingerprint density at radius 2 is 1.94 bits per heavy atom. The number of halogens is 2. The van der Waals surface area contributed by atoms with Gasteiger partial charge < -0.3 is 10.6 Å². The monoisotopic (exact) mass is 700 g/mol. The van der Waals surface area contributed by atoms with Crippen molar-refractivity contribution in [1.82, 2.24) is 20.2 Å². The predicted molar refractivity (Wildman–Crippen MR) is 204 cm³/mol. The van der Waals surface area contributed by atoms with E-state index in [0.29, 0.717) is 37.7 Å². The van der Waals surface area contributed by atoms with Gasteiger partial charge in [0.25, 0.3) is 5.92 Å². The number of thiol groups is 2. The molecule has 0 saturated carbocycles. The van der Waals surface area contributed by atoms with Crippen molar-refractivity contribution in [2.45, 2.75) is 81.0 Å². The molecule has 256 valence electrons. The van der Waals surface area contributed by atoms with Gasteiger partial charge in [-0.15, -0.1) is 25.3 Å². The second-order valence-corrected chi connectivity index (χ2v) is 17.6. The number of anilines is 2. The fourth-order valence-corrected chi connectivity index (χ4v) is 7.92. The van der Waals surface area contributed by atoms with Gasteiger partial charge in [0.05, 0.1) is 17.0 Å². The van der Waals surface area contributed by atoms with E-state index in [2.05, 4.69) is 70.2 Å². The summed E-state index contributed by atoms with van der Waals surface area (Å²) in [6, 6.07) is 6.76. The van der Waals surface area contributed by atoms with E-state index in [-0.39, 0.29) is 33.9 Å². The Bertz CT molecular complexity index is 1520. The summed E-state index contributed by atoms with van der Waals surface area (Å²) in [6.07, 6.45) is 15.4. The molecule has 1 aromatic heterocycles. The summed E-state index contributed by atoms with van der Waals surface area (Å²) in [5, 5.41) is 6.99. The Morgan fingerprint density at radius 3 is 2.70 bits per heavy atom. The number of fused-ring (bicyclic) bond motifs is 8. The van der Waals surface area contributed by atoms with E-state index in [0.717, 1.165) is 66.9 Å². The molecule has 6 rings (SSSR count). The van der Waals surface area contributed by atoms with E-state index < -0.39 is 10.1 Å². The zero-order valence-electron chi connectivity index (χ0n) is 27.9. The highest BCUT2D eigenvalue weighted by molar-refractivity contribution is 8.13. The maximum Gasteiger partial charge on any atom is 0.273 e. The SMILES string of the molecule is C=C1C(NCCCCS(=C)C)=Cc2c3ncnc2N1C(S)(S)C/C=C/CCCC(C)(C)N1CC(C1)CC(F)(F)c1cccc(c1)CN3. The van der Waals surface area contributed by atoms with Crippen LogP contribution < -0.4 is 15.5 Å². The lowest BCUT2D eigenvalue weighted by Gasteiger charge is -2.50. The van der Waals surface area contributed by atoms with Crippen molar-refractivity contribution in [3.8, 4) is 0 Å². The van der Waals surface area contributed by atoms with Gasteiger partial charge in [-0.2, -0.15) is 10.5 Å². The van der Waals surface area contributed by atoms with Crippen LogP contribution in [0.1, 0.15) is 75.5 Å². The van der Waals surface area contributed by atoms with Gasteiger partial charge in [-0.3, -0.25) is 9.80 Å². The van der Waals surface area contributed by atoms with Gasteiger partial charge in [-0.1, -0.05) is 42.8 Å². The van der Waals surface area contributed by atoms with Crippen LogP contribution in [0.2, 0.25) is 0 Å². The Balaban J connectivity index is 1.46. The highest BCUT2D eigenvalue weighted by Gasteiger charge is 2.43. The molecular formula is C36H50F2N6S3. The maximum atomic E-state index is 15.6. The Morgan fingerprint density at radius 1 is 1.15 bits per heavy atom. The number of rotatable bonds is 6. The van der Waals surface area contributed by atoms with Gasteiger partial charge in [0.15, 0.2) is 0 Å². The molecule has 2 aromatic rings. The lowest BCUT2D eigenvalue weighted by molar-refractivity contribution is -0.0789. The molecule has 1 aromatic carbocycles. The molecule has 47 heavy (non-hydrogen) atoms. The largest absolute Gasteiger partial charge is 0.383 e. The van der Waals surface area contributed by atoms with Crippen molar-refractivity contribution in [3.63, 3.8) is 0 Å². The normalized spacial score (nSPS) is 25.1. The first-order valence-corrected chi connectivity index (χ1v) is 19.4. The average molecular weight is 701 g/mol. The van der Waals surface area contributed by atoms with Crippen molar-refractivity contribution >= 4 is 59.3 Å². The maximum absolute atomic E-state index is 15.6. The molecule has 6 nitrogen and oxygen atoms in total. The number of allylic oxidation sites excluding steroid dienone is 1. The van der Waals surface area contributed by atoms with Crippen LogP contribution in [0.3, 0.4) is 0 Å². The first kappa shape index (κ1) is 36.0. The van der Waals surface area contributed by atoms with Crippen LogP contribution in [-0.2, 0) is 12.5 Å². The van der Waals surface area contributed by atoms with Gasteiger partial charge in [-0.05, 0) is 81.6 Å². The summed E-state index contributed by atoms with van der Waals surface area (Å²) in [6.45, 7) is 11.4. The summed E-state index contributed by atoms with van der Waals surface area (Å²) < 4.78 is 30.2. The van der Waals surface area contributed by atoms with Gasteiger partial charge in [0.1, 0.15) is 22.2 Å². The number of hydrogen-bond acceptors (Lipinski definition) is 8. The number of unbranched alkanes of at least 4 members (excludes halogenated alkanes) is 1. The van der Waals surface area contributed by atoms with Gasteiger partial charge in [-0.25, -0.2) is 18.7 Å². The van der Waals surface area contributed by atoms with Crippen LogP contribution in [0, 0.1) is 5.92 Å². The third-order valence-electron chi connectivity index (χ3n) is 9.42. The molecule has 1 fully saturated rings. The molecule has 4 aliphatic rings. The topological polar surface area (TPSA) is 56.3 Å². The van der Waals surface area contributed by atoms with Crippen molar-refractivity contribution in [2.75, 3.05) is 41.9 Å². The van der Waals surface area contributed by atoms with Gasteiger partial charge in [0.2, 0.25) is 0 Å². The van der Waals surface area contributed by atoms with E-state index in [9.17, 15) is 0 Å². The number of nitrogens with one attached hydrogen (secondary N) is 2. The number of aromatic nitrogens is 2. The third kappa shape index (κ3) is 8.83. The van der Waals surface area contributed by atoms with Crippen LogP contribution in [0.25, 0.3) is 6.08 Å². The molecule has 0 aliphatic carbocycles. The van der Waals surface area contributed by atoms with Crippen molar-refractivity contribution in [1.29, 1.82) is 0 Å². The molecule has 11 heteroatoms. The summed E-state index contributed by atoms with van der Waals surface area (Å²) >= 11 is 10.1. The predicted octanol–water partition coefficient (Wildman–Crippen LogP) is 8.30. The summed E-state index contributed by atoms with van der Waals surface area (Å²) in [5.74, 6) is 3.55. The van der Waals surface area contributed by atoms with E-state index in [1.165, 1.54) is 6.33 Å². The van der Waals surface area contributed by atoms with Gasteiger partial charge >= 0.3 is 0 Å². The zero-order valence-corrected chi connectivity index (χ0v) is 30.5. The summed E-state index contributed by atoms with van der Waals surface area (Å²) in [4.78, 5) is 13.6.